The number of nitrogens with two attached hydrogens (primary N) is 1. The first-order valence-electron chi connectivity index (χ1n) is 7.70. The van der Waals surface area contributed by atoms with E-state index in [2.05, 4.69) is 15.3 Å². The fourth-order valence-corrected chi connectivity index (χ4v) is 3.93. The summed E-state index contributed by atoms with van der Waals surface area (Å²) in [5, 5.41) is 3.35. The summed E-state index contributed by atoms with van der Waals surface area (Å²) in [5.41, 5.74) is 9.90. The Morgan fingerprint density at radius 2 is 2.25 bits per heavy atom. The van der Waals surface area contributed by atoms with Crippen LogP contribution in [0.5, 0.6) is 0 Å². The van der Waals surface area contributed by atoms with Crippen LogP contribution in [0.1, 0.15) is 28.4 Å². The summed E-state index contributed by atoms with van der Waals surface area (Å²) in [6, 6.07) is 5.45. The van der Waals surface area contributed by atoms with Crippen molar-refractivity contribution in [3.05, 3.63) is 34.9 Å². The van der Waals surface area contributed by atoms with Crippen LogP contribution in [-0.2, 0) is 11.2 Å². The highest BCUT2D eigenvalue weighted by molar-refractivity contribution is 8.00. The Hall–Kier alpha value is -2.41. The molecule has 1 aliphatic heterocycles. The number of anilines is 1. The molecule has 7 heteroatoms. The lowest BCUT2D eigenvalue weighted by molar-refractivity contribution is -0.120. The molecular weight excluding hydrogens is 324 g/mol. The SMILES string of the molecule is CCNC(=O)C1Cc2c(nc(N)nc2-c2cc(C=O)ccc2C)S1. The molecule has 24 heavy (non-hydrogen) atoms. The number of aromatic nitrogens is 2. The first-order chi connectivity index (χ1) is 11.5. The topological polar surface area (TPSA) is 98.0 Å². The van der Waals surface area contributed by atoms with Crippen LogP contribution in [0, 0.1) is 6.92 Å². The minimum Gasteiger partial charge on any atom is -0.368 e. The van der Waals surface area contributed by atoms with E-state index in [4.69, 9.17) is 5.73 Å². The van der Waals surface area contributed by atoms with Crippen LogP contribution in [0.15, 0.2) is 23.2 Å². The molecule has 1 amide bonds. The number of hydrogen-bond acceptors (Lipinski definition) is 6. The van der Waals surface area contributed by atoms with Gasteiger partial charge in [-0.15, -0.1) is 0 Å². The molecule has 0 saturated carbocycles. The molecule has 0 saturated heterocycles. The smallest absolute Gasteiger partial charge is 0.233 e. The van der Waals surface area contributed by atoms with Crippen molar-refractivity contribution >= 4 is 29.9 Å². The van der Waals surface area contributed by atoms with Crippen molar-refractivity contribution in [2.75, 3.05) is 12.3 Å². The molecule has 1 atom stereocenters. The van der Waals surface area contributed by atoms with Gasteiger partial charge < -0.3 is 11.1 Å². The van der Waals surface area contributed by atoms with Crippen LogP contribution >= 0.6 is 11.8 Å². The molecule has 0 radical (unpaired) electrons. The number of hydrogen-bond donors (Lipinski definition) is 2. The predicted molar refractivity (Wildman–Crippen MR) is 94.0 cm³/mol. The minimum absolute atomic E-state index is 0.0108. The fraction of sp³-hybridized carbons (Fsp3) is 0.294. The van der Waals surface area contributed by atoms with Crippen molar-refractivity contribution in [3.8, 4) is 11.3 Å². The minimum atomic E-state index is -0.232. The highest BCUT2D eigenvalue weighted by Crippen LogP contribution is 2.41. The number of nitrogens with zero attached hydrogens (tertiary/aromatic N) is 2. The van der Waals surface area contributed by atoms with E-state index in [-0.39, 0.29) is 17.1 Å². The van der Waals surface area contributed by atoms with Crippen molar-refractivity contribution in [1.82, 2.24) is 15.3 Å². The Bertz CT molecular complexity index is 822. The van der Waals surface area contributed by atoms with Crippen molar-refractivity contribution in [1.29, 1.82) is 0 Å². The van der Waals surface area contributed by atoms with Gasteiger partial charge in [-0.25, -0.2) is 9.97 Å². The van der Waals surface area contributed by atoms with E-state index in [1.165, 1.54) is 11.8 Å². The molecule has 1 aromatic heterocycles. The van der Waals surface area contributed by atoms with Gasteiger partial charge in [0.2, 0.25) is 11.9 Å². The molecule has 2 aromatic rings. The largest absolute Gasteiger partial charge is 0.368 e. The molecule has 0 fully saturated rings. The van der Waals surface area contributed by atoms with E-state index >= 15 is 0 Å². The van der Waals surface area contributed by atoms with E-state index in [0.29, 0.717) is 24.2 Å². The van der Waals surface area contributed by atoms with E-state index in [1.807, 2.05) is 19.9 Å². The molecule has 0 bridgehead atoms. The summed E-state index contributed by atoms with van der Waals surface area (Å²) in [4.78, 5) is 31.9. The second-order valence-electron chi connectivity index (χ2n) is 5.61. The molecule has 2 heterocycles. The summed E-state index contributed by atoms with van der Waals surface area (Å²) in [7, 11) is 0. The van der Waals surface area contributed by atoms with Crippen molar-refractivity contribution in [2.45, 2.75) is 30.5 Å². The molecule has 3 N–H and O–H groups in total. The van der Waals surface area contributed by atoms with Crippen LogP contribution in [0.25, 0.3) is 11.3 Å². The second kappa shape index (κ2) is 6.60. The summed E-state index contributed by atoms with van der Waals surface area (Å²) in [6.45, 7) is 4.44. The van der Waals surface area contributed by atoms with Gasteiger partial charge in [-0.1, -0.05) is 23.9 Å². The van der Waals surface area contributed by atoms with Crippen LogP contribution in [-0.4, -0.2) is 34.0 Å². The maximum Gasteiger partial charge on any atom is 0.233 e. The number of fused-ring (bicyclic) bond motifs is 1. The number of carbonyl (C=O) groups excluding carboxylic acids is 2. The monoisotopic (exact) mass is 342 g/mol. The van der Waals surface area contributed by atoms with Gasteiger partial charge in [0.15, 0.2) is 0 Å². The van der Waals surface area contributed by atoms with Gasteiger partial charge in [-0.3, -0.25) is 9.59 Å². The number of nitrogens with one attached hydrogen (secondary N) is 1. The van der Waals surface area contributed by atoms with Crippen LogP contribution in [0.3, 0.4) is 0 Å². The lowest BCUT2D eigenvalue weighted by atomic mass is 9.98. The van der Waals surface area contributed by atoms with E-state index in [9.17, 15) is 9.59 Å². The summed E-state index contributed by atoms with van der Waals surface area (Å²) >= 11 is 1.41. The molecule has 6 nitrogen and oxygen atoms in total. The Kier molecular flexibility index (Phi) is 4.53. The number of rotatable bonds is 4. The standard InChI is InChI=1S/C17H18N4O2S/c1-3-19-15(23)13-7-12-14(20-17(18)21-16(12)24-13)11-6-10(8-22)5-4-9(11)2/h4-6,8,13H,3,7H2,1-2H3,(H,19,23)(H2,18,20,21). The summed E-state index contributed by atoms with van der Waals surface area (Å²) in [6.07, 6.45) is 1.35. The maximum absolute atomic E-state index is 12.2. The second-order valence-corrected chi connectivity index (χ2v) is 6.80. The number of nitrogen functional groups attached to an aromatic ring is 1. The van der Waals surface area contributed by atoms with Crippen LogP contribution in [0.2, 0.25) is 0 Å². The first-order valence-corrected chi connectivity index (χ1v) is 8.58. The Morgan fingerprint density at radius 3 is 2.96 bits per heavy atom. The molecule has 0 aliphatic carbocycles. The van der Waals surface area contributed by atoms with Crippen LogP contribution < -0.4 is 11.1 Å². The molecule has 1 aliphatic rings. The van der Waals surface area contributed by atoms with Crippen molar-refractivity contribution < 1.29 is 9.59 Å². The number of amides is 1. The van der Waals surface area contributed by atoms with Gasteiger partial charge in [-0.2, -0.15) is 0 Å². The number of aryl methyl sites for hydroxylation is 1. The zero-order valence-electron chi connectivity index (χ0n) is 13.5. The number of carbonyl (C=O) groups is 2. The summed E-state index contributed by atoms with van der Waals surface area (Å²) < 4.78 is 0. The first kappa shape index (κ1) is 16.4. The van der Waals surface area contributed by atoms with Gasteiger partial charge in [-0.05, 0) is 31.9 Å². The Morgan fingerprint density at radius 1 is 1.46 bits per heavy atom. The van der Waals surface area contributed by atoms with Crippen LogP contribution in [0.4, 0.5) is 5.95 Å². The van der Waals surface area contributed by atoms with Crippen molar-refractivity contribution in [3.63, 3.8) is 0 Å². The number of aldehydes is 1. The normalized spacial score (nSPS) is 15.8. The molecule has 1 unspecified atom stereocenters. The lowest BCUT2D eigenvalue weighted by Gasteiger charge is -2.11. The van der Waals surface area contributed by atoms with Gasteiger partial charge in [0.05, 0.1) is 10.9 Å². The zero-order valence-corrected chi connectivity index (χ0v) is 14.3. The lowest BCUT2D eigenvalue weighted by Crippen LogP contribution is -2.32. The van der Waals surface area contributed by atoms with E-state index in [1.54, 1.807) is 12.1 Å². The Labute approximate surface area is 144 Å². The maximum atomic E-state index is 12.2. The molecule has 1 aromatic carbocycles. The van der Waals surface area contributed by atoms with Gasteiger partial charge in [0, 0.05) is 23.2 Å². The predicted octanol–water partition coefficient (Wildman–Crippen LogP) is 2.00. The van der Waals surface area contributed by atoms with E-state index in [0.717, 1.165) is 28.0 Å². The number of benzene rings is 1. The average molecular weight is 342 g/mol. The summed E-state index contributed by atoms with van der Waals surface area (Å²) in [5.74, 6) is 0.159. The highest BCUT2D eigenvalue weighted by Gasteiger charge is 2.32. The molecular formula is C17H18N4O2S. The zero-order chi connectivity index (χ0) is 17.3. The van der Waals surface area contributed by atoms with Gasteiger partial charge >= 0.3 is 0 Å². The third-order valence-electron chi connectivity index (χ3n) is 3.93. The van der Waals surface area contributed by atoms with Crippen molar-refractivity contribution in [2.24, 2.45) is 0 Å². The third-order valence-corrected chi connectivity index (χ3v) is 5.15. The Balaban J connectivity index is 2.07. The van der Waals surface area contributed by atoms with E-state index < -0.39 is 0 Å². The molecule has 0 spiro atoms. The molecule has 3 rings (SSSR count). The fourth-order valence-electron chi connectivity index (χ4n) is 2.75. The third kappa shape index (κ3) is 2.99. The molecule has 124 valence electrons. The average Bonchev–Trinajstić information content (AvgIpc) is 2.99. The number of thioether (sulfide) groups is 1. The quantitative estimate of drug-likeness (QED) is 0.651. The van der Waals surface area contributed by atoms with Gasteiger partial charge in [0.1, 0.15) is 11.3 Å². The highest BCUT2D eigenvalue weighted by atomic mass is 32.2. The van der Waals surface area contributed by atoms with Gasteiger partial charge in [0.25, 0.3) is 0 Å².